The Hall–Kier alpha value is -2.95. The van der Waals surface area contributed by atoms with Crippen molar-refractivity contribution in [1.29, 1.82) is 0 Å². The Bertz CT molecular complexity index is 901. The average molecular weight is 337 g/mol. The van der Waals surface area contributed by atoms with Gasteiger partial charge in [0.05, 0.1) is 11.3 Å². The molecule has 25 heavy (non-hydrogen) atoms. The number of anilines is 1. The Morgan fingerprint density at radius 2 is 1.88 bits per heavy atom. The number of halogens is 1. The lowest BCUT2D eigenvalue weighted by Gasteiger charge is -2.32. The summed E-state index contributed by atoms with van der Waals surface area (Å²) in [5, 5.41) is 0. The Morgan fingerprint density at radius 3 is 2.60 bits per heavy atom. The van der Waals surface area contributed by atoms with Crippen LogP contribution in [0.1, 0.15) is 23.5 Å². The second-order valence-corrected chi connectivity index (χ2v) is 6.31. The van der Waals surface area contributed by atoms with Gasteiger partial charge in [0.15, 0.2) is 0 Å². The van der Waals surface area contributed by atoms with E-state index in [0.29, 0.717) is 11.3 Å². The van der Waals surface area contributed by atoms with E-state index in [1.807, 2.05) is 31.2 Å². The van der Waals surface area contributed by atoms with Gasteiger partial charge in [0.1, 0.15) is 12.4 Å². The maximum Gasteiger partial charge on any atom is 0.336 e. The van der Waals surface area contributed by atoms with Crippen LogP contribution in [0.15, 0.2) is 59.8 Å². The topological polar surface area (TPSA) is 46.6 Å². The third kappa shape index (κ3) is 2.61. The van der Waals surface area contributed by atoms with Crippen LogP contribution < -0.4 is 4.90 Å². The third-order valence-electron chi connectivity index (χ3n) is 4.65. The maximum absolute atomic E-state index is 13.2. The van der Waals surface area contributed by atoms with E-state index < -0.39 is 11.9 Å². The summed E-state index contributed by atoms with van der Waals surface area (Å²) in [4.78, 5) is 26.8. The van der Waals surface area contributed by atoms with Crippen molar-refractivity contribution < 1.29 is 18.7 Å². The van der Waals surface area contributed by atoms with Crippen molar-refractivity contribution in [2.24, 2.45) is 0 Å². The number of rotatable bonds is 2. The summed E-state index contributed by atoms with van der Waals surface area (Å²) in [5.41, 5.74) is 3.57. The molecular formula is C20H16FNO3. The number of benzene rings is 2. The van der Waals surface area contributed by atoms with Crippen molar-refractivity contribution in [3.8, 4) is 0 Å². The van der Waals surface area contributed by atoms with Crippen LogP contribution in [-0.4, -0.2) is 18.5 Å². The third-order valence-corrected chi connectivity index (χ3v) is 4.65. The fourth-order valence-corrected chi connectivity index (χ4v) is 3.50. The quantitative estimate of drug-likeness (QED) is 0.789. The van der Waals surface area contributed by atoms with Crippen molar-refractivity contribution in [1.82, 2.24) is 0 Å². The predicted molar refractivity (Wildman–Crippen MR) is 90.4 cm³/mol. The van der Waals surface area contributed by atoms with Crippen LogP contribution in [0.25, 0.3) is 0 Å². The van der Waals surface area contributed by atoms with E-state index in [-0.39, 0.29) is 24.8 Å². The lowest BCUT2D eigenvalue weighted by atomic mass is 9.84. The van der Waals surface area contributed by atoms with Crippen LogP contribution in [0.4, 0.5) is 10.1 Å². The molecule has 0 radical (unpaired) electrons. The van der Waals surface area contributed by atoms with E-state index >= 15 is 0 Å². The molecule has 2 heterocycles. The number of esters is 1. The molecular weight excluding hydrogens is 321 g/mol. The van der Waals surface area contributed by atoms with Gasteiger partial charge >= 0.3 is 5.97 Å². The van der Waals surface area contributed by atoms with E-state index in [0.717, 1.165) is 16.8 Å². The minimum Gasteiger partial charge on any atom is -0.456 e. The molecule has 0 bridgehead atoms. The van der Waals surface area contributed by atoms with Gasteiger partial charge in [-0.3, -0.25) is 9.69 Å². The number of hydrogen-bond acceptors (Lipinski definition) is 3. The molecule has 1 amide bonds. The molecule has 0 aliphatic carbocycles. The van der Waals surface area contributed by atoms with Gasteiger partial charge in [0.2, 0.25) is 5.91 Å². The monoisotopic (exact) mass is 337 g/mol. The van der Waals surface area contributed by atoms with Crippen molar-refractivity contribution in [3.05, 3.63) is 76.7 Å². The standard InChI is InChI=1S/C20H16FNO3/c1-12-3-2-4-15(9-12)22-17-11-25-20(24)19(17)16(10-18(22)23)13-5-7-14(21)8-6-13/h2-9,16H,10-11H2,1H3/t16-/m0/s1. The normalized spacial score (nSPS) is 19.9. The summed E-state index contributed by atoms with van der Waals surface area (Å²) in [6.07, 6.45) is 0.146. The number of amides is 1. The van der Waals surface area contributed by atoms with Crippen LogP contribution in [0, 0.1) is 12.7 Å². The second-order valence-electron chi connectivity index (χ2n) is 6.31. The number of nitrogens with zero attached hydrogens (tertiary/aromatic N) is 1. The van der Waals surface area contributed by atoms with Crippen LogP contribution in [0.2, 0.25) is 0 Å². The van der Waals surface area contributed by atoms with E-state index in [9.17, 15) is 14.0 Å². The largest absolute Gasteiger partial charge is 0.456 e. The second kappa shape index (κ2) is 5.84. The highest BCUT2D eigenvalue weighted by Crippen LogP contribution is 2.41. The Balaban J connectivity index is 1.83. The molecule has 5 heteroatoms. The summed E-state index contributed by atoms with van der Waals surface area (Å²) >= 11 is 0. The van der Waals surface area contributed by atoms with Crippen LogP contribution in [-0.2, 0) is 14.3 Å². The average Bonchev–Trinajstić information content (AvgIpc) is 2.96. The molecule has 0 N–H and O–H groups in total. The number of hydrogen-bond donors (Lipinski definition) is 0. The van der Waals surface area contributed by atoms with Crippen LogP contribution in [0.5, 0.6) is 0 Å². The predicted octanol–water partition coefficient (Wildman–Crippen LogP) is 3.47. The molecule has 2 aliphatic rings. The molecule has 1 atom stereocenters. The summed E-state index contributed by atoms with van der Waals surface area (Å²) in [7, 11) is 0. The number of carbonyl (C=O) groups excluding carboxylic acids is 2. The summed E-state index contributed by atoms with van der Waals surface area (Å²) in [6.45, 7) is 2.02. The highest BCUT2D eigenvalue weighted by Gasteiger charge is 2.42. The number of cyclic esters (lactones) is 1. The minimum atomic E-state index is -0.408. The number of carbonyl (C=O) groups is 2. The van der Waals surface area contributed by atoms with E-state index in [2.05, 4.69) is 0 Å². The lowest BCUT2D eigenvalue weighted by molar-refractivity contribution is -0.136. The molecule has 2 aliphatic heterocycles. The Kier molecular flexibility index (Phi) is 3.64. The van der Waals surface area contributed by atoms with Crippen LogP contribution in [0.3, 0.4) is 0 Å². The van der Waals surface area contributed by atoms with Crippen molar-refractivity contribution >= 4 is 17.6 Å². The molecule has 4 nitrogen and oxygen atoms in total. The van der Waals surface area contributed by atoms with Gasteiger partial charge in [-0.25, -0.2) is 9.18 Å². The smallest absolute Gasteiger partial charge is 0.336 e. The molecule has 0 saturated carbocycles. The fraction of sp³-hybridized carbons (Fsp3) is 0.200. The first-order valence-electron chi connectivity index (χ1n) is 8.10. The molecule has 0 spiro atoms. The number of aryl methyl sites for hydroxylation is 1. The molecule has 2 aromatic rings. The highest BCUT2D eigenvalue weighted by atomic mass is 19.1. The summed E-state index contributed by atoms with van der Waals surface area (Å²) in [6, 6.07) is 13.5. The van der Waals surface area contributed by atoms with Gasteiger partial charge < -0.3 is 4.74 Å². The summed E-state index contributed by atoms with van der Waals surface area (Å²) in [5.74, 6) is -1.26. The van der Waals surface area contributed by atoms with Crippen molar-refractivity contribution in [2.45, 2.75) is 19.3 Å². The van der Waals surface area contributed by atoms with Crippen molar-refractivity contribution in [2.75, 3.05) is 11.5 Å². The van der Waals surface area contributed by atoms with Gasteiger partial charge in [-0.15, -0.1) is 0 Å². The fourth-order valence-electron chi connectivity index (χ4n) is 3.50. The molecule has 126 valence electrons. The maximum atomic E-state index is 13.2. The number of ether oxygens (including phenoxy) is 1. The molecule has 2 aromatic carbocycles. The first-order valence-corrected chi connectivity index (χ1v) is 8.10. The molecule has 4 rings (SSSR count). The minimum absolute atomic E-state index is 0.0749. The zero-order chi connectivity index (χ0) is 17.6. The Morgan fingerprint density at radius 1 is 1.12 bits per heavy atom. The van der Waals surface area contributed by atoms with Gasteiger partial charge in [-0.2, -0.15) is 0 Å². The molecule has 0 fully saturated rings. The van der Waals surface area contributed by atoms with E-state index in [1.54, 1.807) is 17.0 Å². The van der Waals surface area contributed by atoms with Gasteiger partial charge in [0.25, 0.3) is 0 Å². The van der Waals surface area contributed by atoms with Gasteiger partial charge in [0, 0.05) is 18.0 Å². The summed E-state index contributed by atoms with van der Waals surface area (Å²) < 4.78 is 18.4. The van der Waals surface area contributed by atoms with Gasteiger partial charge in [-0.05, 0) is 42.3 Å². The molecule has 0 saturated heterocycles. The molecule has 0 aromatic heterocycles. The van der Waals surface area contributed by atoms with E-state index in [1.165, 1.54) is 12.1 Å². The SMILES string of the molecule is Cc1cccc(N2C(=O)C[C@@H](c3ccc(F)cc3)C3=C2COC3=O)c1. The Labute approximate surface area is 144 Å². The first-order chi connectivity index (χ1) is 12.0. The zero-order valence-corrected chi connectivity index (χ0v) is 13.7. The zero-order valence-electron chi connectivity index (χ0n) is 13.7. The lowest BCUT2D eigenvalue weighted by Crippen LogP contribution is -2.37. The van der Waals surface area contributed by atoms with Crippen molar-refractivity contribution in [3.63, 3.8) is 0 Å². The molecule has 0 unspecified atom stereocenters. The van der Waals surface area contributed by atoms with E-state index in [4.69, 9.17) is 4.74 Å². The van der Waals surface area contributed by atoms with Gasteiger partial charge in [-0.1, -0.05) is 24.3 Å². The highest BCUT2D eigenvalue weighted by molar-refractivity contribution is 6.06. The first kappa shape index (κ1) is 15.6. The van der Waals surface area contributed by atoms with Crippen LogP contribution >= 0.6 is 0 Å².